The van der Waals surface area contributed by atoms with Crippen molar-refractivity contribution < 1.29 is 0 Å². The molecule has 90 valence electrons. The fourth-order valence-electron chi connectivity index (χ4n) is 1.53. The van der Waals surface area contributed by atoms with Crippen LogP contribution in [0.1, 0.15) is 16.7 Å². The van der Waals surface area contributed by atoms with E-state index in [0.29, 0.717) is 12.1 Å². The topological polar surface area (TPSA) is 48.7 Å². The van der Waals surface area contributed by atoms with E-state index in [1.165, 1.54) is 0 Å². The zero-order chi connectivity index (χ0) is 13.0. The summed E-state index contributed by atoms with van der Waals surface area (Å²) in [6.07, 6.45) is 1.79. The summed E-state index contributed by atoms with van der Waals surface area (Å²) in [4.78, 5) is 4.28. The van der Waals surface area contributed by atoms with Crippen LogP contribution in [0.15, 0.2) is 41.0 Å². The van der Waals surface area contributed by atoms with Crippen LogP contribution in [0, 0.1) is 18.3 Å². The Morgan fingerprint density at radius 1 is 1.33 bits per heavy atom. The lowest BCUT2D eigenvalue weighted by atomic mass is 10.1. The smallest absolute Gasteiger partial charge is 0.126 e. The van der Waals surface area contributed by atoms with Gasteiger partial charge >= 0.3 is 0 Å². The second kappa shape index (κ2) is 5.65. The molecule has 0 fully saturated rings. The minimum Gasteiger partial charge on any atom is -0.366 e. The monoisotopic (exact) mass is 301 g/mol. The highest BCUT2D eigenvalue weighted by atomic mass is 79.9. The third kappa shape index (κ3) is 3.08. The number of hydrogen-bond donors (Lipinski definition) is 1. The first-order valence-electron chi connectivity index (χ1n) is 5.54. The van der Waals surface area contributed by atoms with Crippen molar-refractivity contribution in [2.24, 2.45) is 0 Å². The highest BCUT2D eigenvalue weighted by molar-refractivity contribution is 9.10. The maximum absolute atomic E-state index is 8.71. The molecule has 2 aromatic rings. The average Bonchev–Trinajstić information content (AvgIpc) is 2.41. The average molecular weight is 302 g/mol. The fourth-order valence-corrected chi connectivity index (χ4v) is 1.74. The number of nitriles is 1. The van der Waals surface area contributed by atoms with E-state index in [4.69, 9.17) is 5.26 Å². The van der Waals surface area contributed by atoms with Crippen molar-refractivity contribution in [1.82, 2.24) is 4.98 Å². The molecule has 0 aliphatic carbocycles. The Morgan fingerprint density at radius 3 is 2.67 bits per heavy atom. The molecule has 0 amide bonds. The summed E-state index contributed by atoms with van der Waals surface area (Å²) in [5.41, 5.74) is 2.94. The van der Waals surface area contributed by atoms with Crippen molar-refractivity contribution in [3.63, 3.8) is 0 Å². The molecule has 0 saturated heterocycles. The first-order chi connectivity index (χ1) is 8.69. The first kappa shape index (κ1) is 12.6. The van der Waals surface area contributed by atoms with Crippen LogP contribution in [-0.4, -0.2) is 4.98 Å². The lowest BCUT2D eigenvalue weighted by Crippen LogP contribution is -2.01. The largest absolute Gasteiger partial charge is 0.366 e. The molecule has 18 heavy (non-hydrogen) atoms. The van der Waals surface area contributed by atoms with Gasteiger partial charge in [0.15, 0.2) is 0 Å². The second-order valence-corrected chi connectivity index (χ2v) is 4.84. The van der Waals surface area contributed by atoms with Crippen LogP contribution >= 0.6 is 15.9 Å². The van der Waals surface area contributed by atoms with Gasteiger partial charge in [0.2, 0.25) is 0 Å². The molecule has 1 aromatic carbocycles. The van der Waals surface area contributed by atoms with Crippen LogP contribution in [0.2, 0.25) is 0 Å². The third-order valence-corrected chi connectivity index (χ3v) is 3.43. The van der Waals surface area contributed by atoms with Gasteiger partial charge in [0.1, 0.15) is 5.82 Å². The molecule has 0 atom stereocenters. The van der Waals surface area contributed by atoms with Gasteiger partial charge in [-0.25, -0.2) is 4.98 Å². The van der Waals surface area contributed by atoms with Crippen molar-refractivity contribution in [2.75, 3.05) is 5.32 Å². The second-order valence-electron chi connectivity index (χ2n) is 3.98. The van der Waals surface area contributed by atoms with E-state index in [9.17, 15) is 0 Å². The predicted molar refractivity (Wildman–Crippen MR) is 75.2 cm³/mol. The lowest BCUT2D eigenvalue weighted by Gasteiger charge is -2.07. The summed E-state index contributed by atoms with van der Waals surface area (Å²) in [5, 5.41) is 12.0. The van der Waals surface area contributed by atoms with Gasteiger partial charge in [0, 0.05) is 17.2 Å². The number of aryl methyl sites for hydroxylation is 1. The minimum absolute atomic E-state index is 0.677. The number of hydrogen-bond acceptors (Lipinski definition) is 3. The van der Waals surface area contributed by atoms with Gasteiger partial charge < -0.3 is 5.32 Å². The molecule has 4 heteroatoms. The molecule has 2 rings (SSSR count). The number of anilines is 1. The van der Waals surface area contributed by atoms with Crippen molar-refractivity contribution in [1.29, 1.82) is 5.26 Å². The standard InChI is InChI=1S/C14H12BrN3/c1-10-6-14(18-9-13(10)15)17-8-12-4-2-11(7-16)3-5-12/h2-6,9H,8H2,1H3,(H,17,18). The van der Waals surface area contributed by atoms with Crippen LogP contribution in [0.3, 0.4) is 0 Å². The number of halogens is 1. The van der Waals surface area contributed by atoms with Crippen LogP contribution in [0.5, 0.6) is 0 Å². The number of rotatable bonds is 3. The SMILES string of the molecule is Cc1cc(NCc2ccc(C#N)cc2)ncc1Br. The van der Waals surface area contributed by atoms with Crippen LogP contribution in [0.4, 0.5) is 5.82 Å². The van der Waals surface area contributed by atoms with Gasteiger partial charge in [-0.1, -0.05) is 12.1 Å². The number of nitrogens with one attached hydrogen (secondary N) is 1. The van der Waals surface area contributed by atoms with Crippen LogP contribution < -0.4 is 5.32 Å². The zero-order valence-corrected chi connectivity index (χ0v) is 11.5. The van der Waals surface area contributed by atoms with E-state index in [-0.39, 0.29) is 0 Å². The molecule has 0 saturated carbocycles. The predicted octanol–water partition coefficient (Wildman–Crippen LogP) is 3.64. The fraction of sp³-hybridized carbons (Fsp3) is 0.143. The van der Waals surface area contributed by atoms with Gasteiger partial charge in [0.25, 0.3) is 0 Å². The summed E-state index contributed by atoms with van der Waals surface area (Å²) in [6, 6.07) is 11.6. The van der Waals surface area contributed by atoms with Crippen molar-refractivity contribution >= 4 is 21.7 Å². The Balaban J connectivity index is 2.02. The molecule has 0 spiro atoms. The minimum atomic E-state index is 0.677. The van der Waals surface area contributed by atoms with Crippen LogP contribution in [-0.2, 0) is 6.54 Å². The van der Waals surface area contributed by atoms with E-state index < -0.39 is 0 Å². The van der Waals surface area contributed by atoms with Gasteiger partial charge in [0.05, 0.1) is 11.6 Å². The molecular formula is C14H12BrN3. The number of benzene rings is 1. The van der Waals surface area contributed by atoms with Gasteiger partial charge in [-0.2, -0.15) is 5.26 Å². The maximum Gasteiger partial charge on any atom is 0.126 e. The molecule has 0 aliphatic heterocycles. The number of pyridine rings is 1. The molecule has 0 unspecified atom stereocenters. The Morgan fingerprint density at radius 2 is 2.06 bits per heavy atom. The molecule has 0 aliphatic rings. The summed E-state index contributed by atoms with van der Waals surface area (Å²) in [5.74, 6) is 0.847. The highest BCUT2D eigenvalue weighted by Crippen LogP contribution is 2.17. The molecule has 1 aromatic heterocycles. The lowest BCUT2D eigenvalue weighted by molar-refractivity contribution is 1.10. The van der Waals surface area contributed by atoms with Gasteiger partial charge in [-0.15, -0.1) is 0 Å². The normalized spacial score (nSPS) is 9.83. The molecule has 0 radical (unpaired) electrons. The number of nitrogens with zero attached hydrogens (tertiary/aromatic N) is 2. The molecular weight excluding hydrogens is 290 g/mol. The van der Waals surface area contributed by atoms with Gasteiger partial charge in [-0.05, 0) is 52.2 Å². The first-order valence-corrected chi connectivity index (χ1v) is 6.33. The van der Waals surface area contributed by atoms with E-state index in [0.717, 1.165) is 21.4 Å². The van der Waals surface area contributed by atoms with Gasteiger partial charge in [-0.3, -0.25) is 0 Å². The van der Waals surface area contributed by atoms with E-state index in [2.05, 4.69) is 32.3 Å². The Hall–Kier alpha value is -1.86. The highest BCUT2D eigenvalue weighted by Gasteiger charge is 1.99. The summed E-state index contributed by atoms with van der Waals surface area (Å²) in [7, 11) is 0. The maximum atomic E-state index is 8.71. The zero-order valence-electron chi connectivity index (χ0n) is 9.94. The Bertz CT molecular complexity index is 585. The van der Waals surface area contributed by atoms with Crippen LogP contribution in [0.25, 0.3) is 0 Å². The molecule has 3 nitrogen and oxygen atoms in total. The molecule has 0 bridgehead atoms. The summed E-state index contributed by atoms with van der Waals surface area (Å²) < 4.78 is 1.01. The molecule has 1 heterocycles. The summed E-state index contributed by atoms with van der Waals surface area (Å²) in [6.45, 7) is 2.72. The summed E-state index contributed by atoms with van der Waals surface area (Å²) >= 11 is 3.42. The van der Waals surface area contributed by atoms with E-state index in [1.54, 1.807) is 6.20 Å². The quantitative estimate of drug-likeness (QED) is 0.941. The van der Waals surface area contributed by atoms with Crippen molar-refractivity contribution in [2.45, 2.75) is 13.5 Å². The van der Waals surface area contributed by atoms with Crippen molar-refractivity contribution in [3.05, 3.63) is 57.7 Å². The van der Waals surface area contributed by atoms with E-state index >= 15 is 0 Å². The Labute approximate surface area is 115 Å². The number of aromatic nitrogens is 1. The molecule has 1 N–H and O–H groups in total. The third-order valence-electron chi connectivity index (χ3n) is 2.60. The Kier molecular flexibility index (Phi) is 3.96. The van der Waals surface area contributed by atoms with E-state index in [1.807, 2.05) is 37.3 Å². The van der Waals surface area contributed by atoms with Crippen molar-refractivity contribution in [3.8, 4) is 6.07 Å².